The molecule has 2 aromatic rings. The van der Waals surface area contributed by atoms with Gasteiger partial charge in [0.25, 0.3) is 0 Å². The fourth-order valence-electron chi connectivity index (χ4n) is 1.84. The van der Waals surface area contributed by atoms with E-state index in [1.54, 1.807) is 0 Å². The Morgan fingerprint density at radius 1 is 1.24 bits per heavy atom. The van der Waals surface area contributed by atoms with E-state index >= 15 is 0 Å². The predicted molar refractivity (Wildman–Crippen MR) is 78.1 cm³/mol. The van der Waals surface area contributed by atoms with Crippen LogP contribution in [0.5, 0.6) is 0 Å². The molecule has 0 saturated heterocycles. The number of amides is 1. The molecule has 2 rings (SSSR count). The molecule has 0 bridgehead atoms. The van der Waals surface area contributed by atoms with E-state index in [1.807, 2.05) is 30.3 Å². The second-order valence-corrected chi connectivity index (χ2v) is 4.94. The Hall–Kier alpha value is -1.98. The topological polar surface area (TPSA) is 55.1 Å². The van der Waals surface area contributed by atoms with E-state index in [4.69, 9.17) is 17.3 Å². The van der Waals surface area contributed by atoms with Gasteiger partial charge in [0, 0.05) is 6.07 Å². The van der Waals surface area contributed by atoms with Crippen molar-refractivity contribution in [2.75, 3.05) is 5.32 Å². The number of carbonyl (C=O) groups is 1. The van der Waals surface area contributed by atoms with Gasteiger partial charge < -0.3 is 11.1 Å². The summed E-state index contributed by atoms with van der Waals surface area (Å²) in [4.78, 5) is 12.0. The summed E-state index contributed by atoms with van der Waals surface area (Å²) in [5.74, 6) is -2.35. The zero-order chi connectivity index (χ0) is 15.4. The standard InChI is InChI=1S/C15H13ClF2N2O/c16-11-7-10(17)8-12(18)14(11)20-15(21)13(19)6-9-4-2-1-3-5-9/h1-5,7-8,13H,6,19H2,(H,20,21)/t13-/m1/s1. The van der Waals surface area contributed by atoms with Crippen LogP contribution >= 0.6 is 11.6 Å². The van der Waals surface area contributed by atoms with E-state index in [0.29, 0.717) is 12.5 Å². The molecule has 0 fully saturated rings. The molecule has 0 radical (unpaired) electrons. The van der Waals surface area contributed by atoms with Crippen LogP contribution in [0.2, 0.25) is 5.02 Å². The van der Waals surface area contributed by atoms with Crippen molar-refractivity contribution >= 4 is 23.2 Å². The average molecular weight is 311 g/mol. The number of anilines is 1. The quantitative estimate of drug-likeness (QED) is 0.911. The lowest BCUT2D eigenvalue weighted by atomic mass is 10.1. The number of hydrogen-bond donors (Lipinski definition) is 2. The van der Waals surface area contributed by atoms with Crippen LogP contribution in [0, 0.1) is 11.6 Å². The van der Waals surface area contributed by atoms with Crippen molar-refractivity contribution in [3.63, 3.8) is 0 Å². The number of halogens is 3. The highest BCUT2D eigenvalue weighted by molar-refractivity contribution is 6.33. The summed E-state index contributed by atoms with van der Waals surface area (Å²) >= 11 is 5.71. The Morgan fingerprint density at radius 3 is 2.52 bits per heavy atom. The van der Waals surface area contributed by atoms with Gasteiger partial charge >= 0.3 is 0 Å². The molecule has 0 spiro atoms. The van der Waals surface area contributed by atoms with Gasteiger partial charge in [-0.2, -0.15) is 0 Å². The Kier molecular flexibility index (Phi) is 4.88. The number of nitrogens with two attached hydrogens (primary N) is 1. The Balaban J connectivity index is 2.08. The molecule has 1 amide bonds. The van der Waals surface area contributed by atoms with Crippen molar-refractivity contribution in [1.82, 2.24) is 0 Å². The maximum Gasteiger partial charge on any atom is 0.241 e. The zero-order valence-electron chi connectivity index (χ0n) is 10.9. The first kappa shape index (κ1) is 15.4. The summed E-state index contributed by atoms with van der Waals surface area (Å²) in [5.41, 5.74) is 6.38. The zero-order valence-corrected chi connectivity index (χ0v) is 11.7. The van der Waals surface area contributed by atoms with E-state index in [1.165, 1.54) is 0 Å². The highest BCUT2D eigenvalue weighted by Crippen LogP contribution is 2.26. The van der Waals surface area contributed by atoms with Crippen LogP contribution in [0.1, 0.15) is 5.56 Å². The van der Waals surface area contributed by atoms with Crippen LogP contribution in [0.15, 0.2) is 42.5 Å². The van der Waals surface area contributed by atoms with Crippen molar-refractivity contribution in [1.29, 1.82) is 0 Å². The molecule has 3 nitrogen and oxygen atoms in total. The first-order valence-corrected chi connectivity index (χ1v) is 6.60. The third kappa shape index (κ3) is 4.00. The smallest absolute Gasteiger partial charge is 0.241 e. The second kappa shape index (κ2) is 6.65. The van der Waals surface area contributed by atoms with Crippen molar-refractivity contribution in [3.8, 4) is 0 Å². The summed E-state index contributed by atoms with van der Waals surface area (Å²) < 4.78 is 26.5. The normalized spacial score (nSPS) is 12.0. The van der Waals surface area contributed by atoms with Gasteiger partial charge in [-0.3, -0.25) is 4.79 Å². The van der Waals surface area contributed by atoms with Crippen LogP contribution in [0.4, 0.5) is 14.5 Å². The van der Waals surface area contributed by atoms with E-state index in [0.717, 1.165) is 11.6 Å². The summed E-state index contributed by atoms with van der Waals surface area (Å²) in [6, 6.07) is 9.87. The number of hydrogen-bond acceptors (Lipinski definition) is 2. The number of rotatable bonds is 4. The van der Waals surface area contributed by atoms with Crippen LogP contribution in [0.3, 0.4) is 0 Å². The Bertz CT molecular complexity index is 626. The molecule has 3 N–H and O–H groups in total. The van der Waals surface area contributed by atoms with Crippen molar-refractivity contribution < 1.29 is 13.6 Å². The van der Waals surface area contributed by atoms with Gasteiger partial charge in [0.05, 0.1) is 16.8 Å². The van der Waals surface area contributed by atoms with Gasteiger partial charge in [-0.15, -0.1) is 0 Å². The lowest BCUT2D eigenvalue weighted by Gasteiger charge is -2.14. The number of carbonyl (C=O) groups excluding carboxylic acids is 1. The summed E-state index contributed by atoms with van der Waals surface area (Å²) in [6.45, 7) is 0. The SMILES string of the molecule is N[C@H](Cc1ccccc1)C(=O)Nc1c(F)cc(F)cc1Cl. The predicted octanol–water partition coefficient (Wildman–Crippen LogP) is 3.13. The van der Waals surface area contributed by atoms with Crippen LogP contribution in [0.25, 0.3) is 0 Å². The van der Waals surface area contributed by atoms with Gasteiger partial charge in [-0.05, 0) is 18.1 Å². The summed E-state index contributed by atoms with van der Waals surface area (Å²) in [6.07, 6.45) is 0.299. The number of nitrogens with one attached hydrogen (secondary N) is 1. The largest absolute Gasteiger partial charge is 0.321 e. The third-order valence-corrected chi connectivity index (χ3v) is 3.19. The van der Waals surface area contributed by atoms with E-state index < -0.39 is 23.6 Å². The molecule has 0 aromatic heterocycles. The summed E-state index contributed by atoms with van der Waals surface area (Å²) in [7, 11) is 0. The fraction of sp³-hybridized carbons (Fsp3) is 0.133. The van der Waals surface area contributed by atoms with Crippen LogP contribution in [-0.2, 0) is 11.2 Å². The minimum absolute atomic E-state index is 0.215. The van der Waals surface area contributed by atoms with Gasteiger partial charge in [0.1, 0.15) is 5.82 Å². The molecule has 110 valence electrons. The molecule has 2 aromatic carbocycles. The van der Waals surface area contributed by atoms with Gasteiger partial charge in [0.15, 0.2) is 5.82 Å². The first-order chi connectivity index (χ1) is 9.97. The molecule has 6 heteroatoms. The second-order valence-electron chi connectivity index (χ2n) is 4.53. The lowest BCUT2D eigenvalue weighted by molar-refractivity contribution is -0.117. The monoisotopic (exact) mass is 310 g/mol. The molecule has 0 aliphatic carbocycles. The molecule has 0 heterocycles. The fourth-order valence-corrected chi connectivity index (χ4v) is 2.08. The Morgan fingerprint density at radius 2 is 1.90 bits per heavy atom. The van der Waals surface area contributed by atoms with Crippen molar-refractivity contribution in [2.24, 2.45) is 5.73 Å². The Labute approximate surface area is 125 Å². The molecule has 21 heavy (non-hydrogen) atoms. The molecular formula is C15H13ClF2N2O. The minimum Gasteiger partial charge on any atom is -0.321 e. The van der Waals surface area contributed by atoms with E-state index in [2.05, 4.69) is 5.32 Å². The highest BCUT2D eigenvalue weighted by Gasteiger charge is 2.18. The maximum absolute atomic E-state index is 13.6. The molecule has 0 aliphatic rings. The summed E-state index contributed by atoms with van der Waals surface area (Å²) in [5, 5.41) is 2.07. The van der Waals surface area contributed by atoms with Gasteiger partial charge in [-0.25, -0.2) is 8.78 Å². The third-order valence-electron chi connectivity index (χ3n) is 2.89. The molecule has 0 unspecified atom stereocenters. The van der Waals surface area contributed by atoms with Crippen LogP contribution < -0.4 is 11.1 Å². The molecule has 1 atom stereocenters. The van der Waals surface area contributed by atoms with Crippen LogP contribution in [-0.4, -0.2) is 11.9 Å². The minimum atomic E-state index is -0.944. The van der Waals surface area contributed by atoms with E-state index in [9.17, 15) is 13.6 Å². The van der Waals surface area contributed by atoms with E-state index in [-0.39, 0.29) is 10.7 Å². The average Bonchev–Trinajstić information content (AvgIpc) is 2.43. The van der Waals surface area contributed by atoms with Gasteiger partial charge in [0.2, 0.25) is 5.91 Å². The lowest BCUT2D eigenvalue weighted by Crippen LogP contribution is -2.37. The molecule has 0 aliphatic heterocycles. The highest BCUT2D eigenvalue weighted by atomic mass is 35.5. The molecular weight excluding hydrogens is 298 g/mol. The first-order valence-electron chi connectivity index (χ1n) is 6.22. The van der Waals surface area contributed by atoms with Crippen molar-refractivity contribution in [2.45, 2.75) is 12.5 Å². The molecule has 0 saturated carbocycles. The maximum atomic E-state index is 13.6. The van der Waals surface area contributed by atoms with Gasteiger partial charge in [-0.1, -0.05) is 41.9 Å². The van der Waals surface area contributed by atoms with Crippen molar-refractivity contribution in [3.05, 3.63) is 64.7 Å². The number of benzene rings is 2.